The lowest BCUT2D eigenvalue weighted by Crippen LogP contribution is -2.42. The highest BCUT2D eigenvalue weighted by Crippen LogP contribution is 2.16. The SMILES string of the molecule is COC(C)(C)CC(=O)N(CCC(N)=S)C(C)C. The number of methoxy groups -OCH3 is 1. The predicted octanol–water partition coefficient (Wildman–Crippen LogP) is 1.71. The highest BCUT2D eigenvalue weighted by molar-refractivity contribution is 7.80. The molecule has 100 valence electrons. The van der Waals surface area contributed by atoms with E-state index in [1.807, 2.05) is 27.7 Å². The Hall–Kier alpha value is -0.680. The van der Waals surface area contributed by atoms with Crippen LogP contribution in [0.25, 0.3) is 0 Å². The lowest BCUT2D eigenvalue weighted by molar-refractivity contribution is -0.138. The summed E-state index contributed by atoms with van der Waals surface area (Å²) in [5, 5.41) is 0. The molecule has 0 fully saturated rings. The molecule has 0 saturated carbocycles. The van der Waals surface area contributed by atoms with Crippen molar-refractivity contribution in [3.05, 3.63) is 0 Å². The maximum absolute atomic E-state index is 12.1. The van der Waals surface area contributed by atoms with Gasteiger partial charge >= 0.3 is 0 Å². The second-order valence-electron chi connectivity index (χ2n) is 5.04. The third-order valence-electron chi connectivity index (χ3n) is 2.67. The Morgan fingerprint density at radius 3 is 2.35 bits per heavy atom. The van der Waals surface area contributed by atoms with Gasteiger partial charge in [-0.15, -0.1) is 0 Å². The molecule has 2 N–H and O–H groups in total. The predicted molar refractivity (Wildman–Crippen MR) is 74.0 cm³/mol. The summed E-state index contributed by atoms with van der Waals surface area (Å²) in [5.41, 5.74) is 5.03. The van der Waals surface area contributed by atoms with Crippen LogP contribution in [0.3, 0.4) is 0 Å². The van der Waals surface area contributed by atoms with E-state index in [0.717, 1.165) is 0 Å². The highest BCUT2D eigenvalue weighted by atomic mass is 32.1. The molecule has 0 aromatic heterocycles. The summed E-state index contributed by atoms with van der Waals surface area (Å²) >= 11 is 4.83. The van der Waals surface area contributed by atoms with Gasteiger partial charge in [0.05, 0.1) is 17.0 Å². The van der Waals surface area contributed by atoms with E-state index in [4.69, 9.17) is 22.7 Å². The lowest BCUT2D eigenvalue weighted by Gasteiger charge is -2.30. The van der Waals surface area contributed by atoms with Gasteiger partial charge in [0, 0.05) is 26.1 Å². The molecule has 0 aliphatic carbocycles. The first-order valence-electron chi connectivity index (χ1n) is 5.82. The third kappa shape index (κ3) is 6.58. The lowest BCUT2D eigenvalue weighted by atomic mass is 10.0. The average molecular weight is 260 g/mol. The molecule has 0 aliphatic rings. The highest BCUT2D eigenvalue weighted by Gasteiger charge is 2.26. The van der Waals surface area contributed by atoms with E-state index in [-0.39, 0.29) is 11.9 Å². The zero-order valence-electron chi connectivity index (χ0n) is 11.4. The first-order valence-corrected chi connectivity index (χ1v) is 6.23. The van der Waals surface area contributed by atoms with Gasteiger partial charge < -0.3 is 15.4 Å². The van der Waals surface area contributed by atoms with Crippen molar-refractivity contribution in [1.29, 1.82) is 0 Å². The number of rotatable bonds is 7. The topological polar surface area (TPSA) is 55.6 Å². The van der Waals surface area contributed by atoms with Gasteiger partial charge in [0.15, 0.2) is 0 Å². The number of hydrogen-bond acceptors (Lipinski definition) is 3. The van der Waals surface area contributed by atoms with Crippen molar-refractivity contribution in [1.82, 2.24) is 4.90 Å². The average Bonchev–Trinajstić information content (AvgIpc) is 2.16. The second kappa shape index (κ2) is 6.91. The summed E-state index contributed by atoms with van der Waals surface area (Å²) in [6, 6.07) is 0.143. The molecule has 0 rings (SSSR count). The van der Waals surface area contributed by atoms with Gasteiger partial charge in [0.2, 0.25) is 5.91 Å². The van der Waals surface area contributed by atoms with Crippen molar-refractivity contribution < 1.29 is 9.53 Å². The van der Waals surface area contributed by atoms with Crippen molar-refractivity contribution in [3.63, 3.8) is 0 Å². The van der Waals surface area contributed by atoms with Crippen molar-refractivity contribution in [3.8, 4) is 0 Å². The van der Waals surface area contributed by atoms with Crippen molar-refractivity contribution in [2.24, 2.45) is 5.73 Å². The molecule has 5 heteroatoms. The van der Waals surface area contributed by atoms with Crippen LogP contribution in [0.2, 0.25) is 0 Å². The van der Waals surface area contributed by atoms with Crippen LogP contribution >= 0.6 is 12.2 Å². The van der Waals surface area contributed by atoms with E-state index in [2.05, 4.69) is 0 Å². The molecule has 0 aromatic rings. The van der Waals surface area contributed by atoms with Gasteiger partial charge in [0.25, 0.3) is 0 Å². The third-order valence-corrected chi connectivity index (χ3v) is 2.88. The molecule has 0 spiro atoms. The molecule has 17 heavy (non-hydrogen) atoms. The van der Waals surface area contributed by atoms with Crippen molar-refractivity contribution in [2.45, 2.75) is 52.2 Å². The molecule has 0 radical (unpaired) electrons. The van der Waals surface area contributed by atoms with E-state index in [1.54, 1.807) is 12.0 Å². The minimum Gasteiger partial charge on any atom is -0.393 e. The molecule has 0 saturated heterocycles. The number of carbonyl (C=O) groups is 1. The molecule has 1 amide bonds. The Balaban J connectivity index is 4.50. The van der Waals surface area contributed by atoms with Gasteiger partial charge in [-0.05, 0) is 27.7 Å². The van der Waals surface area contributed by atoms with Crippen LogP contribution in [0.15, 0.2) is 0 Å². The minimum atomic E-state index is -0.437. The van der Waals surface area contributed by atoms with Crippen LogP contribution < -0.4 is 5.73 Å². The van der Waals surface area contributed by atoms with E-state index in [1.165, 1.54) is 0 Å². The summed E-state index contributed by atoms with van der Waals surface area (Å²) in [7, 11) is 1.61. The molecular formula is C12H24N2O2S. The fourth-order valence-corrected chi connectivity index (χ4v) is 1.53. The van der Waals surface area contributed by atoms with Crippen LogP contribution in [0.1, 0.15) is 40.5 Å². The van der Waals surface area contributed by atoms with Crippen molar-refractivity contribution >= 4 is 23.1 Å². The monoisotopic (exact) mass is 260 g/mol. The number of thiocarbonyl (C=S) groups is 1. The molecule has 0 bridgehead atoms. The summed E-state index contributed by atoms with van der Waals surface area (Å²) in [6.07, 6.45) is 0.922. The largest absolute Gasteiger partial charge is 0.393 e. The maximum Gasteiger partial charge on any atom is 0.225 e. The second-order valence-corrected chi connectivity index (χ2v) is 5.56. The number of nitrogens with two attached hydrogens (primary N) is 1. The van der Waals surface area contributed by atoms with Crippen molar-refractivity contribution in [2.75, 3.05) is 13.7 Å². The molecule has 0 heterocycles. The molecular weight excluding hydrogens is 236 g/mol. The summed E-state index contributed by atoms with van der Waals surface area (Å²) < 4.78 is 5.27. The van der Waals surface area contributed by atoms with Crippen LogP contribution in [0, 0.1) is 0 Å². The van der Waals surface area contributed by atoms with Gasteiger partial charge in [-0.25, -0.2) is 0 Å². The Kier molecular flexibility index (Phi) is 6.64. The Labute approximate surface area is 109 Å². The number of ether oxygens (including phenoxy) is 1. The fraction of sp³-hybridized carbons (Fsp3) is 0.833. The van der Waals surface area contributed by atoms with E-state index in [9.17, 15) is 4.79 Å². The zero-order chi connectivity index (χ0) is 13.6. The van der Waals surface area contributed by atoms with Crippen LogP contribution in [0.4, 0.5) is 0 Å². The number of nitrogens with zero attached hydrogens (tertiary/aromatic N) is 1. The summed E-state index contributed by atoms with van der Waals surface area (Å²) in [6.45, 7) is 8.34. The molecule has 0 aromatic carbocycles. The standard InChI is InChI=1S/C12H24N2O2S/c1-9(2)14(7-6-10(13)17)11(15)8-12(3,4)16-5/h9H,6-8H2,1-5H3,(H2,13,17). The first kappa shape index (κ1) is 16.3. The van der Waals surface area contributed by atoms with E-state index >= 15 is 0 Å². The van der Waals surface area contributed by atoms with Crippen LogP contribution in [-0.2, 0) is 9.53 Å². The number of amides is 1. The quantitative estimate of drug-likeness (QED) is 0.708. The Morgan fingerprint density at radius 2 is 2.00 bits per heavy atom. The molecule has 0 atom stereocenters. The maximum atomic E-state index is 12.1. The van der Waals surface area contributed by atoms with Gasteiger partial charge in [-0.1, -0.05) is 12.2 Å². The van der Waals surface area contributed by atoms with E-state index < -0.39 is 5.60 Å². The fourth-order valence-electron chi connectivity index (χ4n) is 1.44. The normalized spacial score (nSPS) is 11.6. The van der Waals surface area contributed by atoms with Crippen LogP contribution in [0.5, 0.6) is 0 Å². The zero-order valence-corrected chi connectivity index (χ0v) is 12.3. The van der Waals surface area contributed by atoms with Gasteiger partial charge in [0.1, 0.15) is 0 Å². The molecule has 0 aliphatic heterocycles. The van der Waals surface area contributed by atoms with E-state index in [0.29, 0.717) is 24.4 Å². The smallest absolute Gasteiger partial charge is 0.225 e. The summed E-state index contributed by atoms with van der Waals surface area (Å²) in [4.78, 5) is 14.4. The Bertz CT molecular complexity index is 278. The number of carbonyl (C=O) groups excluding carboxylic acids is 1. The van der Waals surface area contributed by atoms with Gasteiger partial charge in [-0.3, -0.25) is 4.79 Å². The Morgan fingerprint density at radius 1 is 1.47 bits per heavy atom. The minimum absolute atomic E-state index is 0.0723. The first-order chi connectivity index (χ1) is 7.69. The molecule has 4 nitrogen and oxygen atoms in total. The van der Waals surface area contributed by atoms with Crippen LogP contribution in [-0.4, -0.2) is 41.1 Å². The number of hydrogen-bond donors (Lipinski definition) is 1. The van der Waals surface area contributed by atoms with Gasteiger partial charge in [-0.2, -0.15) is 0 Å². The molecule has 0 unspecified atom stereocenters. The summed E-state index contributed by atoms with van der Waals surface area (Å²) in [5.74, 6) is 0.0723.